The van der Waals surface area contributed by atoms with Crippen LogP contribution in [0.4, 0.5) is 4.39 Å². The third-order valence-corrected chi connectivity index (χ3v) is 4.68. The number of hydrogen-bond donors (Lipinski definition) is 2. The van der Waals surface area contributed by atoms with Crippen molar-refractivity contribution in [1.82, 2.24) is 10.6 Å². The predicted molar refractivity (Wildman–Crippen MR) is 87.6 cm³/mol. The lowest BCUT2D eigenvalue weighted by molar-refractivity contribution is -0.121. The van der Waals surface area contributed by atoms with Crippen LogP contribution in [0, 0.1) is 18.7 Å². The fraction of sp³-hybridized carbons (Fsp3) is 0.500. The van der Waals surface area contributed by atoms with Gasteiger partial charge in [0.2, 0.25) is 5.91 Å². The number of carbonyl (C=O) groups is 1. The van der Waals surface area contributed by atoms with Crippen LogP contribution in [0.5, 0.6) is 0 Å². The minimum atomic E-state index is -0.279. The molecule has 1 aromatic carbocycles. The molecule has 124 valence electrons. The second-order valence-corrected chi connectivity index (χ2v) is 6.30. The Bertz CT molecular complexity index is 690. The summed E-state index contributed by atoms with van der Waals surface area (Å²) >= 11 is 0. The molecule has 2 N–H and O–H groups in total. The highest BCUT2D eigenvalue weighted by atomic mass is 19.1. The highest BCUT2D eigenvalue weighted by Gasteiger charge is 2.15. The summed E-state index contributed by atoms with van der Waals surface area (Å²) in [7, 11) is 0. The molecule has 0 spiro atoms. The molecule has 1 aliphatic rings. The summed E-state index contributed by atoms with van der Waals surface area (Å²) in [5.74, 6) is 1.12. The van der Waals surface area contributed by atoms with E-state index in [-0.39, 0.29) is 11.7 Å². The number of fused-ring (bicyclic) bond motifs is 1. The second-order valence-electron chi connectivity index (χ2n) is 6.30. The van der Waals surface area contributed by atoms with Crippen LogP contribution in [-0.4, -0.2) is 19.0 Å². The molecule has 23 heavy (non-hydrogen) atoms. The fourth-order valence-electron chi connectivity index (χ4n) is 3.19. The second kappa shape index (κ2) is 7.13. The van der Waals surface area contributed by atoms with E-state index in [2.05, 4.69) is 10.6 Å². The standard InChI is InChI=1S/C18H23FN2O2/c1-12-15-10-14(19)3-4-16(15)23-17(12)11-21-18(22)5-2-13-6-8-20-9-7-13/h3-4,10,13,20H,2,5-9,11H2,1H3,(H,21,22). The lowest BCUT2D eigenvalue weighted by Gasteiger charge is -2.22. The molecule has 2 heterocycles. The molecule has 0 aliphatic carbocycles. The number of halogens is 1. The molecule has 1 amide bonds. The van der Waals surface area contributed by atoms with E-state index in [9.17, 15) is 9.18 Å². The van der Waals surface area contributed by atoms with Crippen molar-refractivity contribution in [3.63, 3.8) is 0 Å². The van der Waals surface area contributed by atoms with Gasteiger partial charge in [-0.1, -0.05) is 0 Å². The van der Waals surface area contributed by atoms with Gasteiger partial charge in [0.1, 0.15) is 17.2 Å². The van der Waals surface area contributed by atoms with Crippen molar-refractivity contribution in [2.45, 2.75) is 39.2 Å². The van der Waals surface area contributed by atoms with Crippen LogP contribution in [0.2, 0.25) is 0 Å². The quantitative estimate of drug-likeness (QED) is 0.889. The van der Waals surface area contributed by atoms with E-state index >= 15 is 0 Å². The summed E-state index contributed by atoms with van der Waals surface area (Å²) in [6.45, 7) is 4.36. The molecule has 3 rings (SSSR count). The van der Waals surface area contributed by atoms with Crippen molar-refractivity contribution in [1.29, 1.82) is 0 Å². The Morgan fingerprint density at radius 3 is 2.96 bits per heavy atom. The van der Waals surface area contributed by atoms with Crippen molar-refractivity contribution in [2.24, 2.45) is 5.92 Å². The van der Waals surface area contributed by atoms with Gasteiger partial charge in [-0.05, 0) is 63.4 Å². The molecule has 0 saturated carbocycles. The van der Waals surface area contributed by atoms with Gasteiger partial charge in [0.15, 0.2) is 0 Å². The van der Waals surface area contributed by atoms with E-state index in [1.807, 2.05) is 6.92 Å². The van der Waals surface area contributed by atoms with Gasteiger partial charge >= 0.3 is 0 Å². The van der Waals surface area contributed by atoms with Gasteiger partial charge in [0, 0.05) is 17.4 Å². The van der Waals surface area contributed by atoms with E-state index in [0.29, 0.717) is 30.2 Å². The summed E-state index contributed by atoms with van der Waals surface area (Å²) in [4.78, 5) is 12.0. The molecule has 1 aliphatic heterocycles. The zero-order valence-electron chi connectivity index (χ0n) is 13.5. The topological polar surface area (TPSA) is 54.3 Å². The fourth-order valence-corrected chi connectivity index (χ4v) is 3.19. The van der Waals surface area contributed by atoms with E-state index in [4.69, 9.17) is 4.42 Å². The van der Waals surface area contributed by atoms with E-state index < -0.39 is 0 Å². The molecular formula is C18H23FN2O2. The first kappa shape index (κ1) is 16.0. The first-order valence-corrected chi connectivity index (χ1v) is 8.28. The van der Waals surface area contributed by atoms with Gasteiger partial charge < -0.3 is 15.1 Å². The van der Waals surface area contributed by atoms with Crippen molar-refractivity contribution < 1.29 is 13.6 Å². The number of nitrogens with one attached hydrogen (secondary N) is 2. The number of amides is 1. The maximum absolute atomic E-state index is 13.3. The van der Waals surface area contributed by atoms with Crippen LogP contribution in [0.25, 0.3) is 11.0 Å². The molecule has 0 radical (unpaired) electrons. The minimum Gasteiger partial charge on any atom is -0.459 e. The Kier molecular flexibility index (Phi) is 4.96. The molecule has 0 unspecified atom stereocenters. The number of rotatable bonds is 5. The van der Waals surface area contributed by atoms with Gasteiger partial charge in [0.25, 0.3) is 0 Å². The normalized spacial score (nSPS) is 15.9. The SMILES string of the molecule is Cc1c(CNC(=O)CCC2CCNCC2)oc2ccc(F)cc12. The van der Waals surface area contributed by atoms with E-state index in [1.165, 1.54) is 12.1 Å². The average molecular weight is 318 g/mol. The van der Waals surface area contributed by atoms with Crippen LogP contribution in [0.15, 0.2) is 22.6 Å². The third-order valence-electron chi connectivity index (χ3n) is 4.68. The maximum atomic E-state index is 13.3. The van der Waals surface area contributed by atoms with Gasteiger partial charge in [-0.25, -0.2) is 4.39 Å². The summed E-state index contributed by atoms with van der Waals surface area (Å²) in [6, 6.07) is 4.48. The lowest BCUT2D eigenvalue weighted by atomic mass is 9.93. The van der Waals surface area contributed by atoms with Crippen molar-refractivity contribution in [3.8, 4) is 0 Å². The van der Waals surface area contributed by atoms with E-state index in [0.717, 1.165) is 43.3 Å². The Labute approximate surface area is 135 Å². The van der Waals surface area contributed by atoms with Crippen LogP contribution < -0.4 is 10.6 Å². The molecular weight excluding hydrogens is 295 g/mol. The van der Waals surface area contributed by atoms with Gasteiger partial charge in [-0.2, -0.15) is 0 Å². The first-order chi connectivity index (χ1) is 11.1. The lowest BCUT2D eigenvalue weighted by Crippen LogP contribution is -2.29. The summed E-state index contributed by atoms with van der Waals surface area (Å²) < 4.78 is 19.0. The monoisotopic (exact) mass is 318 g/mol. The number of hydrogen-bond acceptors (Lipinski definition) is 3. The Morgan fingerprint density at radius 1 is 1.39 bits per heavy atom. The number of piperidine rings is 1. The number of benzene rings is 1. The van der Waals surface area contributed by atoms with Crippen LogP contribution >= 0.6 is 0 Å². The van der Waals surface area contributed by atoms with Crippen LogP contribution in [0.1, 0.15) is 37.0 Å². The number of aryl methyl sites for hydroxylation is 1. The van der Waals surface area contributed by atoms with E-state index in [1.54, 1.807) is 6.07 Å². The molecule has 0 bridgehead atoms. The average Bonchev–Trinajstić information content (AvgIpc) is 2.88. The summed E-state index contributed by atoms with van der Waals surface area (Å²) in [5, 5.41) is 7.01. The third kappa shape index (κ3) is 3.91. The molecule has 2 aromatic rings. The zero-order valence-corrected chi connectivity index (χ0v) is 13.5. The molecule has 0 atom stereocenters. The highest BCUT2D eigenvalue weighted by molar-refractivity contribution is 5.82. The highest BCUT2D eigenvalue weighted by Crippen LogP contribution is 2.26. The van der Waals surface area contributed by atoms with Crippen LogP contribution in [0.3, 0.4) is 0 Å². The van der Waals surface area contributed by atoms with Gasteiger partial charge in [-0.15, -0.1) is 0 Å². The molecule has 1 saturated heterocycles. The zero-order chi connectivity index (χ0) is 16.2. The smallest absolute Gasteiger partial charge is 0.220 e. The summed E-state index contributed by atoms with van der Waals surface area (Å²) in [6.07, 6.45) is 3.81. The molecule has 1 fully saturated rings. The van der Waals surface area contributed by atoms with Crippen LogP contribution in [-0.2, 0) is 11.3 Å². The van der Waals surface area contributed by atoms with Crippen molar-refractivity contribution >= 4 is 16.9 Å². The minimum absolute atomic E-state index is 0.0505. The number of furan rings is 1. The number of carbonyl (C=O) groups excluding carboxylic acids is 1. The first-order valence-electron chi connectivity index (χ1n) is 8.28. The predicted octanol–water partition coefficient (Wildman–Crippen LogP) is 3.28. The summed E-state index contributed by atoms with van der Waals surface area (Å²) in [5.41, 5.74) is 1.54. The Morgan fingerprint density at radius 2 is 2.17 bits per heavy atom. The van der Waals surface area contributed by atoms with Crippen molar-refractivity contribution in [2.75, 3.05) is 13.1 Å². The van der Waals surface area contributed by atoms with Gasteiger partial charge in [-0.3, -0.25) is 4.79 Å². The van der Waals surface area contributed by atoms with Crippen molar-refractivity contribution in [3.05, 3.63) is 35.3 Å². The molecule has 4 nitrogen and oxygen atoms in total. The Balaban J connectivity index is 1.53. The maximum Gasteiger partial charge on any atom is 0.220 e. The largest absolute Gasteiger partial charge is 0.459 e. The van der Waals surface area contributed by atoms with Gasteiger partial charge in [0.05, 0.1) is 6.54 Å². The molecule has 5 heteroatoms. The Hall–Kier alpha value is -1.88. The molecule has 1 aromatic heterocycles.